The lowest BCUT2D eigenvalue weighted by atomic mass is 10.1. The van der Waals surface area contributed by atoms with Gasteiger partial charge in [0.25, 0.3) is 0 Å². The molecule has 0 unspecified atom stereocenters. The maximum atomic E-state index is 13.4. The van der Waals surface area contributed by atoms with E-state index in [4.69, 9.17) is 0 Å². The van der Waals surface area contributed by atoms with Gasteiger partial charge in [0.15, 0.2) is 0 Å². The lowest BCUT2D eigenvalue weighted by molar-refractivity contribution is -0.122. The first-order chi connectivity index (χ1) is 8.74. The number of benzene rings is 1. The first kappa shape index (κ1) is 11.1. The highest BCUT2D eigenvalue weighted by Gasteiger charge is 2.29. The van der Waals surface area contributed by atoms with Crippen molar-refractivity contribution in [1.82, 2.24) is 10.3 Å². The van der Waals surface area contributed by atoms with E-state index in [1.54, 1.807) is 12.3 Å². The molecule has 3 nitrogen and oxygen atoms in total. The maximum absolute atomic E-state index is 13.4. The predicted molar refractivity (Wildman–Crippen MR) is 66.3 cm³/mol. The lowest BCUT2D eigenvalue weighted by Gasteiger charge is -2.05. The van der Waals surface area contributed by atoms with Crippen LogP contribution in [0.4, 0.5) is 4.39 Å². The molecule has 1 aliphatic rings. The van der Waals surface area contributed by atoms with E-state index in [9.17, 15) is 9.18 Å². The summed E-state index contributed by atoms with van der Waals surface area (Å²) in [5.74, 6) is -0.00809. The highest BCUT2D eigenvalue weighted by Crippen LogP contribution is 2.28. The first-order valence-electron chi connectivity index (χ1n) is 6.05. The minimum Gasteiger partial charge on any atom is -0.352 e. The van der Waals surface area contributed by atoms with Crippen LogP contribution in [0.2, 0.25) is 0 Å². The second-order valence-electron chi connectivity index (χ2n) is 4.65. The second kappa shape index (κ2) is 4.37. The van der Waals surface area contributed by atoms with Gasteiger partial charge in [-0.2, -0.15) is 0 Å². The van der Waals surface area contributed by atoms with E-state index in [0.717, 1.165) is 23.8 Å². The van der Waals surface area contributed by atoms with Gasteiger partial charge in [0, 0.05) is 24.0 Å². The number of rotatable bonds is 3. The number of carbonyl (C=O) groups excluding carboxylic acids is 1. The number of hydrogen-bond donors (Lipinski definition) is 1. The molecule has 1 aromatic heterocycles. The summed E-state index contributed by atoms with van der Waals surface area (Å²) in [5.41, 5.74) is 1.26. The van der Waals surface area contributed by atoms with Crippen LogP contribution >= 0.6 is 0 Å². The Bertz CT molecular complexity index is 608. The van der Waals surface area contributed by atoms with Gasteiger partial charge in [0.2, 0.25) is 5.91 Å². The van der Waals surface area contributed by atoms with Crippen LogP contribution in [0.3, 0.4) is 0 Å². The van der Waals surface area contributed by atoms with Gasteiger partial charge in [-0.1, -0.05) is 12.1 Å². The van der Waals surface area contributed by atoms with Crippen LogP contribution in [0.5, 0.6) is 0 Å². The molecule has 0 bridgehead atoms. The molecule has 92 valence electrons. The van der Waals surface area contributed by atoms with Crippen molar-refractivity contribution in [3.63, 3.8) is 0 Å². The average molecular weight is 244 g/mol. The molecule has 1 fully saturated rings. The lowest BCUT2D eigenvalue weighted by Crippen LogP contribution is -2.24. The third kappa shape index (κ3) is 2.18. The number of nitrogens with zero attached hydrogens (tertiary/aromatic N) is 1. The Morgan fingerprint density at radius 1 is 1.44 bits per heavy atom. The van der Waals surface area contributed by atoms with Gasteiger partial charge >= 0.3 is 0 Å². The van der Waals surface area contributed by atoms with Crippen LogP contribution in [0.25, 0.3) is 10.9 Å². The molecule has 1 heterocycles. The fourth-order valence-corrected chi connectivity index (χ4v) is 1.94. The number of amides is 1. The van der Waals surface area contributed by atoms with Crippen molar-refractivity contribution >= 4 is 16.8 Å². The largest absolute Gasteiger partial charge is 0.352 e. The topological polar surface area (TPSA) is 42.0 Å². The molecule has 1 aromatic carbocycles. The second-order valence-corrected chi connectivity index (χ2v) is 4.65. The number of para-hydroxylation sites is 1. The molecule has 3 rings (SSSR count). The molecule has 1 N–H and O–H groups in total. The van der Waals surface area contributed by atoms with E-state index in [1.807, 2.05) is 12.1 Å². The smallest absolute Gasteiger partial charge is 0.223 e. The van der Waals surface area contributed by atoms with Crippen molar-refractivity contribution in [3.05, 3.63) is 41.8 Å². The van der Waals surface area contributed by atoms with Gasteiger partial charge < -0.3 is 5.32 Å². The molecule has 0 spiro atoms. The Kier molecular flexibility index (Phi) is 2.70. The van der Waals surface area contributed by atoms with E-state index >= 15 is 0 Å². The van der Waals surface area contributed by atoms with Gasteiger partial charge in [-0.05, 0) is 30.5 Å². The maximum Gasteiger partial charge on any atom is 0.223 e. The zero-order chi connectivity index (χ0) is 12.5. The van der Waals surface area contributed by atoms with Crippen molar-refractivity contribution in [2.75, 3.05) is 0 Å². The van der Waals surface area contributed by atoms with Gasteiger partial charge in [-0.15, -0.1) is 0 Å². The van der Waals surface area contributed by atoms with Crippen LogP contribution < -0.4 is 5.32 Å². The summed E-state index contributed by atoms with van der Waals surface area (Å²) in [6.45, 7) is 0.453. The molecule has 18 heavy (non-hydrogen) atoms. The number of fused-ring (bicyclic) bond motifs is 1. The average Bonchev–Trinajstić information content (AvgIpc) is 3.20. The highest BCUT2D eigenvalue weighted by atomic mass is 19.1. The third-order valence-electron chi connectivity index (χ3n) is 3.13. The van der Waals surface area contributed by atoms with E-state index in [2.05, 4.69) is 10.3 Å². The number of pyridine rings is 1. The Hall–Kier alpha value is -1.97. The molecule has 1 aliphatic carbocycles. The zero-order valence-electron chi connectivity index (χ0n) is 9.82. The minimum absolute atomic E-state index is 0.106. The van der Waals surface area contributed by atoms with E-state index in [-0.39, 0.29) is 17.6 Å². The summed E-state index contributed by atoms with van der Waals surface area (Å²) in [6.07, 6.45) is 3.60. The Labute approximate surface area is 104 Å². The molecule has 2 aromatic rings. The van der Waals surface area contributed by atoms with Gasteiger partial charge in [0.05, 0.1) is 0 Å². The number of hydrogen-bond acceptors (Lipinski definition) is 2. The van der Waals surface area contributed by atoms with Gasteiger partial charge in [0.1, 0.15) is 11.3 Å². The Morgan fingerprint density at radius 3 is 3.06 bits per heavy atom. The number of nitrogens with one attached hydrogen (secondary N) is 1. The molecule has 1 amide bonds. The quantitative estimate of drug-likeness (QED) is 0.900. The van der Waals surface area contributed by atoms with Crippen LogP contribution in [0.15, 0.2) is 30.5 Å². The fourth-order valence-electron chi connectivity index (χ4n) is 1.94. The summed E-state index contributed by atoms with van der Waals surface area (Å²) < 4.78 is 13.4. The minimum atomic E-state index is -0.318. The molecular weight excluding hydrogens is 231 g/mol. The SMILES string of the molecule is O=C(NCc1cnc2c(F)cccc2c1)C1CC1. The van der Waals surface area contributed by atoms with E-state index in [0.29, 0.717) is 12.1 Å². The summed E-state index contributed by atoms with van der Waals surface area (Å²) in [5, 5.41) is 3.63. The monoisotopic (exact) mass is 244 g/mol. The summed E-state index contributed by atoms with van der Waals surface area (Å²) in [7, 11) is 0. The van der Waals surface area contributed by atoms with Crippen molar-refractivity contribution in [2.24, 2.45) is 5.92 Å². The molecule has 0 aliphatic heterocycles. The van der Waals surface area contributed by atoms with Gasteiger partial charge in [-0.3, -0.25) is 9.78 Å². The van der Waals surface area contributed by atoms with Crippen LogP contribution in [-0.2, 0) is 11.3 Å². The summed E-state index contributed by atoms with van der Waals surface area (Å²) in [6, 6.07) is 6.73. The molecule has 4 heteroatoms. The van der Waals surface area contributed by atoms with Crippen molar-refractivity contribution < 1.29 is 9.18 Å². The standard InChI is InChI=1S/C14H13FN2O/c15-12-3-1-2-11-6-9(7-16-13(11)12)8-17-14(18)10-4-5-10/h1-3,6-7,10H,4-5,8H2,(H,17,18). The highest BCUT2D eigenvalue weighted by molar-refractivity contribution is 5.81. The van der Waals surface area contributed by atoms with Crippen molar-refractivity contribution in [1.29, 1.82) is 0 Å². The predicted octanol–water partition coefficient (Wildman–Crippen LogP) is 2.40. The first-order valence-corrected chi connectivity index (χ1v) is 6.05. The normalized spacial score (nSPS) is 14.7. The van der Waals surface area contributed by atoms with Crippen LogP contribution in [0, 0.1) is 11.7 Å². The fraction of sp³-hybridized carbons (Fsp3) is 0.286. The molecular formula is C14H13FN2O. The van der Waals surface area contributed by atoms with Gasteiger partial charge in [-0.25, -0.2) is 4.39 Å². The van der Waals surface area contributed by atoms with Crippen LogP contribution in [0.1, 0.15) is 18.4 Å². The molecule has 1 saturated carbocycles. The molecule has 0 atom stereocenters. The number of carbonyl (C=O) groups is 1. The van der Waals surface area contributed by atoms with Crippen molar-refractivity contribution in [2.45, 2.75) is 19.4 Å². The molecule has 0 radical (unpaired) electrons. The summed E-state index contributed by atoms with van der Waals surface area (Å²) in [4.78, 5) is 15.6. The van der Waals surface area contributed by atoms with Crippen LogP contribution in [-0.4, -0.2) is 10.9 Å². The Balaban J connectivity index is 1.78. The van der Waals surface area contributed by atoms with E-state index < -0.39 is 0 Å². The number of halogens is 1. The number of aromatic nitrogens is 1. The third-order valence-corrected chi connectivity index (χ3v) is 3.13. The molecule has 0 saturated heterocycles. The zero-order valence-corrected chi connectivity index (χ0v) is 9.82. The van der Waals surface area contributed by atoms with E-state index in [1.165, 1.54) is 6.07 Å². The summed E-state index contributed by atoms with van der Waals surface area (Å²) >= 11 is 0. The van der Waals surface area contributed by atoms with Crippen molar-refractivity contribution in [3.8, 4) is 0 Å². The Morgan fingerprint density at radius 2 is 2.28 bits per heavy atom.